The van der Waals surface area contributed by atoms with Gasteiger partial charge >= 0.3 is 0 Å². The minimum Gasteiger partial charge on any atom is -0.490 e. The maximum absolute atomic E-state index is 6.52. The van der Waals surface area contributed by atoms with Crippen molar-refractivity contribution in [2.24, 2.45) is 0 Å². The molecule has 0 aromatic heterocycles. The van der Waals surface area contributed by atoms with E-state index < -0.39 is 0 Å². The predicted molar refractivity (Wildman–Crippen MR) is 147 cm³/mol. The standard InChI is InChI=1S/C31H38N2O4/c1-34-18-5-16-33-17-19-35-30-13-8-25(20-29(30)33)23-37-31-21-32-15-14-28(31)26-9-11-27(12-10-26)36-22-24-6-3-2-4-7-24/h2-4,6-13,20,28,31-32H,5,14-19,21-23H2,1H3. The van der Waals surface area contributed by atoms with E-state index in [4.69, 9.17) is 18.9 Å². The van der Waals surface area contributed by atoms with Crippen LogP contribution in [-0.4, -0.2) is 52.6 Å². The molecule has 2 atom stereocenters. The van der Waals surface area contributed by atoms with Gasteiger partial charge in [0, 0.05) is 32.7 Å². The highest BCUT2D eigenvalue weighted by molar-refractivity contribution is 5.61. The molecule has 2 aliphatic rings. The van der Waals surface area contributed by atoms with E-state index in [1.54, 1.807) is 7.11 Å². The Balaban J connectivity index is 1.20. The van der Waals surface area contributed by atoms with Crippen LogP contribution in [-0.2, 0) is 22.7 Å². The van der Waals surface area contributed by atoms with Gasteiger partial charge in [0.05, 0.1) is 24.9 Å². The summed E-state index contributed by atoms with van der Waals surface area (Å²) in [6, 6.07) is 25.3. The number of benzene rings is 3. The van der Waals surface area contributed by atoms with Crippen LogP contribution in [0.3, 0.4) is 0 Å². The van der Waals surface area contributed by atoms with Crippen LogP contribution in [0, 0.1) is 0 Å². The molecule has 2 unspecified atom stereocenters. The van der Waals surface area contributed by atoms with Crippen LogP contribution in [0.5, 0.6) is 11.5 Å². The largest absolute Gasteiger partial charge is 0.490 e. The maximum Gasteiger partial charge on any atom is 0.142 e. The average Bonchev–Trinajstić information content (AvgIpc) is 2.96. The second-order valence-corrected chi connectivity index (χ2v) is 9.78. The molecule has 196 valence electrons. The van der Waals surface area contributed by atoms with Crippen LogP contribution in [0.25, 0.3) is 0 Å². The molecule has 3 aromatic rings. The summed E-state index contributed by atoms with van der Waals surface area (Å²) in [6.07, 6.45) is 2.18. The summed E-state index contributed by atoms with van der Waals surface area (Å²) in [5.74, 6) is 2.21. The van der Waals surface area contributed by atoms with Crippen molar-refractivity contribution in [2.75, 3.05) is 51.4 Å². The van der Waals surface area contributed by atoms with E-state index in [2.05, 4.69) is 64.8 Å². The number of methoxy groups -OCH3 is 1. The van der Waals surface area contributed by atoms with Crippen LogP contribution in [0.15, 0.2) is 72.8 Å². The molecule has 0 saturated carbocycles. The normalized spacial score (nSPS) is 19.2. The van der Waals surface area contributed by atoms with E-state index in [1.807, 2.05) is 18.2 Å². The smallest absolute Gasteiger partial charge is 0.142 e. The number of hydrogen-bond donors (Lipinski definition) is 1. The van der Waals surface area contributed by atoms with Crippen molar-refractivity contribution in [1.29, 1.82) is 0 Å². The lowest BCUT2D eigenvalue weighted by Crippen LogP contribution is -2.41. The second-order valence-electron chi connectivity index (χ2n) is 9.78. The molecule has 1 saturated heterocycles. The fourth-order valence-corrected chi connectivity index (χ4v) is 5.18. The average molecular weight is 503 g/mol. The van der Waals surface area contributed by atoms with Gasteiger partial charge in [-0.15, -0.1) is 0 Å². The van der Waals surface area contributed by atoms with Crippen molar-refractivity contribution in [1.82, 2.24) is 5.32 Å². The Bertz CT molecular complexity index is 1110. The van der Waals surface area contributed by atoms with Crippen molar-refractivity contribution in [3.8, 4) is 11.5 Å². The summed E-state index contributed by atoms with van der Waals surface area (Å²) in [5, 5.41) is 3.52. The van der Waals surface area contributed by atoms with E-state index >= 15 is 0 Å². The first kappa shape index (κ1) is 25.6. The predicted octanol–water partition coefficient (Wildman–Crippen LogP) is 5.16. The van der Waals surface area contributed by atoms with E-state index in [1.165, 1.54) is 16.7 Å². The molecule has 6 heteroatoms. The number of ether oxygens (including phenoxy) is 4. The first-order chi connectivity index (χ1) is 18.3. The summed E-state index contributed by atoms with van der Waals surface area (Å²) >= 11 is 0. The number of rotatable bonds is 11. The van der Waals surface area contributed by atoms with Crippen molar-refractivity contribution in [2.45, 2.75) is 38.1 Å². The number of fused-ring (bicyclic) bond motifs is 1. The third-order valence-corrected chi connectivity index (χ3v) is 7.21. The number of nitrogens with one attached hydrogen (secondary N) is 1. The highest BCUT2D eigenvalue weighted by Crippen LogP contribution is 2.34. The van der Waals surface area contributed by atoms with Gasteiger partial charge in [0.1, 0.15) is 24.7 Å². The molecule has 3 aromatic carbocycles. The molecular weight excluding hydrogens is 464 g/mol. The van der Waals surface area contributed by atoms with E-state index in [0.717, 1.165) is 69.4 Å². The Hall–Kier alpha value is -3.06. The molecule has 0 amide bonds. The van der Waals surface area contributed by atoms with Gasteiger partial charge in [-0.1, -0.05) is 48.5 Å². The summed E-state index contributed by atoms with van der Waals surface area (Å²) in [7, 11) is 1.75. The fraction of sp³-hybridized carbons (Fsp3) is 0.419. The number of nitrogens with zero attached hydrogens (tertiary/aromatic N) is 1. The topological polar surface area (TPSA) is 52.2 Å². The van der Waals surface area contributed by atoms with Gasteiger partial charge in [0.15, 0.2) is 0 Å². The maximum atomic E-state index is 6.52. The van der Waals surface area contributed by atoms with E-state index in [0.29, 0.717) is 19.1 Å². The molecule has 0 aliphatic carbocycles. The molecule has 2 aliphatic heterocycles. The molecule has 5 rings (SSSR count). The Kier molecular flexibility index (Phi) is 8.95. The summed E-state index contributed by atoms with van der Waals surface area (Å²) in [6.45, 7) is 6.38. The van der Waals surface area contributed by atoms with E-state index in [9.17, 15) is 0 Å². The third-order valence-electron chi connectivity index (χ3n) is 7.21. The number of anilines is 1. The van der Waals surface area contributed by atoms with Crippen LogP contribution in [0.2, 0.25) is 0 Å². The van der Waals surface area contributed by atoms with Crippen LogP contribution >= 0.6 is 0 Å². The SMILES string of the molecule is COCCCN1CCOc2ccc(COC3CNCCC3c3ccc(OCc4ccccc4)cc3)cc21. The molecule has 6 nitrogen and oxygen atoms in total. The Labute approximate surface area is 220 Å². The molecular formula is C31H38N2O4. The third kappa shape index (κ3) is 6.83. The zero-order valence-corrected chi connectivity index (χ0v) is 21.7. The molecule has 37 heavy (non-hydrogen) atoms. The van der Waals surface area contributed by atoms with E-state index in [-0.39, 0.29) is 6.10 Å². The van der Waals surface area contributed by atoms with Gasteiger partial charge in [0.2, 0.25) is 0 Å². The van der Waals surface area contributed by atoms with Gasteiger partial charge in [-0.3, -0.25) is 0 Å². The van der Waals surface area contributed by atoms with Gasteiger partial charge in [0.25, 0.3) is 0 Å². The first-order valence-corrected chi connectivity index (χ1v) is 13.4. The number of piperidine rings is 1. The molecule has 0 spiro atoms. The van der Waals surface area contributed by atoms with Crippen LogP contribution < -0.4 is 19.7 Å². The molecule has 1 N–H and O–H groups in total. The zero-order valence-electron chi connectivity index (χ0n) is 21.7. The van der Waals surface area contributed by atoms with Crippen molar-refractivity contribution >= 4 is 5.69 Å². The van der Waals surface area contributed by atoms with Crippen LogP contribution in [0.1, 0.15) is 35.4 Å². The van der Waals surface area contributed by atoms with Gasteiger partial charge in [-0.25, -0.2) is 0 Å². The Morgan fingerprint density at radius 3 is 2.68 bits per heavy atom. The fourth-order valence-electron chi connectivity index (χ4n) is 5.18. The van der Waals surface area contributed by atoms with Gasteiger partial charge in [-0.2, -0.15) is 0 Å². The van der Waals surface area contributed by atoms with Gasteiger partial charge < -0.3 is 29.2 Å². The molecule has 0 bridgehead atoms. The lowest BCUT2D eigenvalue weighted by atomic mass is 9.87. The van der Waals surface area contributed by atoms with Crippen molar-refractivity contribution in [3.63, 3.8) is 0 Å². The molecule has 1 fully saturated rings. The summed E-state index contributed by atoms with van der Waals surface area (Å²) < 4.78 is 23.7. The monoisotopic (exact) mass is 502 g/mol. The minimum atomic E-state index is 0.120. The Morgan fingerprint density at radius 2 is 1.84 bits per heavy atom. The second kappa shape index (κ2) is 13.0. The highest BCUT2D eigenvalue weighted by atomic mass is 16.5. The number of hydrogen-bond acceptors (Lipinski definition) is 6. The Morgan fingerprint density at radius 1 is 0.973 bits per heavy atom. The van der Waals surface area contributed by atoms with Crippen LogP contribution in [0.4, 0.5) is 5.69 Å². The minimum absolute atomic E-state index is 0.120. The summed E-state index contributed by atoms with van der Waals surface area (Å²) in [4.78, 5) is 2.40. The quantitative estimate of drug-likeness (QED) is 0.366. The van der Waals surface area contributed by atoms with Crippen molar-refractivity contribution < 1.29 is 18.9 Å². The van der Waals surface area contributed by atoms with Crippen molar-refractivity contribution in [3.05, 3.63) is 89.5 Å². The molecule has 2 heterocycles. The lowest BCUT2D eigenvalue weighted by Gasteiger charge is -2.33. The highest BCUT2D eigenvalue weighted by Gasteiger charge is 2.27. The lowest BCUT2D eigenvalue weighted by molar-refractivity contribution is 0.0106. The molecule has 0 radical (unpaired) electrons. The first-order valence-electron chi connectivity index (χ1n) is 13.4. The van der Waals surface area contributed by atoms with Gasteiger partial charge in [-0.05, 0) is 60.3 Å². The summed E-state index contributed by atoms with van der Waals surface area (Å²) in [5.41, 5.74) is 4.81. The zero-order chi connectivity index (χ0) is 25.3.